The highest BCUT2D eigenvalue weighted by atomic mass is 32.1. The summed E-state index contributed by atoms with van der Waals surface area (Å²) in [5.74, 6) is 0.419. The molecule has 2 aromatic rings. The van der Waals surface area contributed by atoms with Gasteiger partial charge >= 0.3 is 0 Å². The van der Waals surface area contributed by atoms with Crippen LogP contribution >= 0.6 is 11.3 Å². The Bertz CT molecular complexity index is 523. The van der Waals surface area contributed by atoms with Crippen LogP contribution in [0.25, 0.3) is 0 Å². The summed E-state index contributed by atoms with van der Waals surface area (Å²) in [6, 6.07) is 14.4. The van der Waals surface area contributed by atoms with Gasteiger partial charge in [-0.2, -0.15) is 0 Å². The van der Waals surface area contributed by atoms with Gasteiger partial charge in [0.1, 0.15) is 5.78 Å². The van der Waals surface area contributed by atoms with Crippen molar-refractivity contribution in [2.75, 3.05) is 0 Å². The lowest BCUT2D eigenvalue weighted by Gasteiger charge is -2.14. The zero-order valence-corrected chi connectivity index (χ0v) is 11.1. The average Bonchev–Trinajstić information content (AvgIpc) is 3.07. The molecule has 1 nitrogen and oxygen atoms in total. The fourth-order valence-corrected chi connectivity index (χ4v) is 3.25. The van der Waals surface area contributed by atoms with Gasteiger partial charge in [0.25, 0.3) is 0 Å². The van der Waals surface area contributed by atoms with Gasteiger partial charge in [0.05, 0.1) is 5.41 Å². The fraction of sp³-hybridized carbons (Fsp3) is 0.312. The molecule has 1 aliphatic carbocycles. The number of hydrogen-bond donors (Lipinski definition) is 0. The average molecular weight is 256 g/mol. The number of carbonyl (C=O) groups excluding carboxylic acids is 1. The van der Waals surface area contributed by atoms with E-state index in [1.165, 1.54) is 10.4 Å². The maximum absolute atomic E-state index is 12.4. The Morgan fingerprint density at radius 1 is 1.11 bits per heavy atom. The second kappa shape index (κ2) is 4.69. The Labute approximate surface area is 111 Å². The molecular formula is C16H16OS. The lowest BCUT2D eigenvalue weighted by atomic mass is 9.89. The van der Waals surface area contributed by atoms with E-state index in [9.17, 15) is 4.79 Å². The summed E-state index contributed by atoms with van der Waals surface area (Å²) in [7, 11) is 0. The quantitative estimate of drug-likeness (QED) is 0.790. The van der Waals surface area contributed by atoms with Gasteiger partial charge in [-0.1, -0.05) is 36.4 Å². The largest absolute Gasteiger partial charge is 0.299 e. The zero-order valence-electron chi connectivity index (χ0n) is 10.3. The summed E-state index contributed by atoms with van der Waals surface area (Å²) in [6.07, 6.45) is 3.63. The molecular weight excluding hydrogens is 240 g/mol. The molecule has 1 aliphatic rings. The molecule has 3 rings (SSSR count). The highest BCUT2D eigenvalue weighted by molar-refractivity contribution is 7.09. The molecule has 1 heterocycles. The van der Waals surface area contributed by atoms with Crippen LogP contribution < -0.4 is 0 Å². The van der Waals surface area contributed by atoms with Crippen molar-refractivity contribution in [3.05, 3.63) is 58.3 Å². The summed E-state index contributed by atoms with van der Waals surface area (Å²) in [5, 5.41) is 2.07. The molecule has 0 radical (unpaired) electrons. The number of aryl methyl sites for hydroxylation is 1. The Balaban J connectivity index is 1.69. The van der Waals surface area contributed by atoms with Gasteiger partial charge in [0.2, 0.25) is 0 Å². The van der Waals surface area contributed by atoms with Crippen LogP contribution in [0.1, 0.15) is 29.7 Å². The van der Waals surface area contributed by atoms with Crippen LogP contribution in [0.15, 0.2) is 47.8 Å². The second-order valence-electron chi connectivity index (χ2n) is 4.95. The first kappa shape index (κ1) is 11.7. The van der Waals surface area contributed by atoms with E-state index in [0.717, 1.165) is 19.3 Å². The third-order valence-corrected chi connectivity index (χ3v) is 4.72. The number of hydrogen-bond acceptors (Lipinski definition) is 2. The molecule has 1 saturated carbocycles. The van der Waals surface area contributed by atoms with Gasteiger partial charge in [-0.15, -0.1) is 11.3 Å². The SMILES string of the molecule is O=C(CCc1cccs1)C1(c2ccccc2)CC1. The Kier molecular flexibility index (Phi) is 3.04. The number of Topliss-reactive ketones (excluding diaryl/α,β-unsaturated/α-hetero) is 1. The van der Waals surface area contributed by atoms with Crippen molar-refractivity contribution in [1.29, 1.82) is 0 Å². The van der Waals surface area contributed by atoms with Crippen LogP contribution in [0.2, 0.25) is 0 Å². The van der Waals surface area contributed by atoms with Crippen LogP contribution in [-0.4, -0.2) is 5.78 Å². The van der Waals surface area contributed by atoms with Gasteiger partial charge in [0.15, 0.2) is 0 Å². The van der Waals surface area contributed by atoms with Crippen molar-refractivity contribution in [3.8, 4) is 0 Å². The van der Waals surface area contributed by atoms with Crippen LogP contribution in [-0.2, 0) is 16.6 Å². The first-order valence-corrected chi connectivity index (χ1v) is 7.30. The van der Waals surface area contributed by atoms with E-state index >= 15 is 0 Å². The first-order valence-electron chi connectivity index (χ1n) is 6.42. The number of ketones is 1. The molecule has 18 heavy (non-hydrogen) atoms. The molecule has 1 aromatic heterocycles. The summed E-state index contributed by atoms with van der Waals surface area (Å²) in [4.78, 5) is 13.7. The summed E-state index contributed by atoms with van der Waals surface area (Å²) in [6.45, 7) is 0. The minimum absolute atomic E-state index is 0.140. The molecule has 0 atom stereocenters. The molecule has 0 saturated heterocycles. The van der Waals surface area contributed by atoms with Crippen LogP contribution in [0.4, 0.5) is 0 Å². The third-order valence-electron chi connectivity index (χ3n) is 3.79. The van der Waals surface area contributed by atoms with E-state index in [1.54, 1.807) is 11.3 Å². The van der Waals surface area contributed by atoms with Crippen molar-refractivity contribution < 1.29 is 4.79 Å². The monoisotopic (exact) mass is 256 g/mol. The van der Waals surface area contributed by atoms with E-state index in [1.807, 2.05) is 18.2 Å². The zero-order chi connectivity index (χ0) is 12.4. The van der Waals surface area contributed by atoms with Gasteiger partial charge in [-0.25, -0.2) is 0 Å². The molecule has 0 amide bonds. The molecule has 0 bridgehead atoms. The van der Waals surface area contributed by atoms with Crippen molar-refractivity contribution in [2.45, 2.75) is 31.1 Å². The van der Waals surface area contributed by atoms with E-state index < -0.39 is 0 Å². The number of thiophene rings is 1. The summed E-state index contributed by atoms with van der Waals surface area (Å²) >= 11 is 1.74. The van der Waals surface area contributed by atoms with E-state index in [-0.39, 0.29) is 5.41 Å². The third kappa shape index (κ3) is 2.13. The van der Waals surface area contributed by atoms with Crippen molar-refractivity contribution in [1.82, 2.24) is 0 Å². The Morgan fingerprint density at radius 2 is 1.89 bits per heavy atom. The molecule has 0 unspecified atom stereocenters. The minimum atomic E-state index is -0.140. The lowest BCUT2D eigenvalue weighted by Crippen LogP contribution is -2.20. The molecule has 0 spiro atoms. The normalized spacial score (nSPS) is 16.4. The topological polar surface area (TPSA) is 17.1 Å². The Morgan fingerprint density at radius 3 is 2.50 bits per heavy atom. The first-order chi connectivity index (χ1) is 8.81. The molecule has 0 aliphatic heterocycles. The fourth-order valence-electron chi connectivity index (χ4n) is 2.54. The van der Waals surface area contributed by atoms with Gasteiger partial charge in [0, 0.05) is 11.3 Å². The predicted molar refractivity (Wildman–Crippen MR) is 75.0 cm³/mol. The van der Waals surface area contributed by atoms with E-state index in [0.29, 0.717) is 12.2 Å². The highest BCUT2D eigenvalue weighted by Crippen LogP contribution is 2.49. The molecule has 0 N–H and O–H groups in total. The van der Waals surface area contributed by atoms with E-state index in [2.05, 4.69) is 29.6 Å². The summed E-state index contributed by atoms with van der Waals surface area (Å²) < 4.78 is 0. The van der Waals surface area contributed by atoms with Gasteiger partial charge in [-0.05, 0) is 36.3 Å². The highest BCUT2D eigenvalue weighted by Gasteiger charge is 2.49. The predicted octanol–water partition coefficient (Wildman–Crippen LogP) is 3.98. The number of carbonyl (C=O) groups is 1. The lowest BCUT2D eigenvalue weighted by molar-refractivity contribution is -0.121. The standard InChI is InChI=1S/C16H16OS/c17-15(9-8-14-7-4-12-18-14)16(10-11-16)13-5-2-1-3-6-13/h1-7,12H,8-11H2. The number of benzene rings is 1. The van der Waals surface area contributed by atoms with Crippen molar-refractivity contribution in [3.63, 3.8) is 0 Å². The second-order valence-corrected chi connectivity index (χ2v) is 5.98. The van der Waals surface area contributed by atoms with Crippen LogP contribution in [0.3, 0.4) is 0 Å². The van der Waals surface area contributed by atoms with Crippen LogP contribution in [0, 0.1) is 0 Å². The van der Waals surface area contributed by atoms with Gasteiger partial charge in [-0.3, -0.25) is 4.79 Å². The van der Waals surface area contributed by atoms with E-state index in [4.69, 9.17) is 0 Å². The molecule has 2 heteroatoms. The van der Waals surface area contributed by atoms with Crippen molar-refractivity contribution >= 4 is 17.1 Å². The molecule has 1 fully saturated rings. The molecule has 92 valence electrons. The van der Waals surface area contributed by atoms with Gasteiger partial charge < -0.3 is 0 Å². The summed E-state index contributed by atoms with van der Waals surface area (Å²) in [5.41, 5.74) is 1.07. The van der Waals surface area contributed by atoms with Crippen molar-refractivity contribution in [2.24, 2.45) is 0 Å². The Hall–Kier alpha value is -1.41. The molecule has 1 aromatic carbocycles. The minimum Gasteiger partial charge on any atom is -0.299 e. The maximum Gasteiger partial charge on any atom is 0.143 e. The maximum atomic E-state index is 12.4. The van der Waals surface area contributed by atoms with Crippen LogP contribution in [0.5, 0.6) is 0 Å². The number of rotatable bonds is 5. The smallest absolute Gasteiger partial charge is 0.143 e.